The number of anilines is 2. The van der Waals surface area contributed by atoms with Crippen LogP contribution in [0.4, 0.5) is 11.5 Å². The van der Waals surface area contributed by atoms with Gasteiger partial charge in [0.25, 0.3) is 0 Å². The van der Waals surface area contributed by atoms with E-state index in [1.807, 2.05) is 42.6 Å². The van der Waals surface area contributed by atoms with Crippen LogP contribution in [0.3, 0.4) is 0 Å². The van der Waals surface area contributed by atoms with Gasteiger partial charge >= 0.3 is 5.97 Å². The third kappa shape index (κ3) is 3.01. The minimum Gasteiger partial charge on any atom is -0.478 e. The van der Waals surface area contributed by atoms with Crippen LogP contribution in [0, 0.1) is 0 Å². The molecule has 0 aliphatic heterocycles. The molecule has 5 rings (SSSR count). The molecule has 0 radical (unpaired) electrons. The van der Waals surface area contributed by atoms with Crippen molar-refractivity contribution in [1.82, 2.24) is 9.55 Å². The molecule has 2 heterocycles. The van der Waals surface area contributed by atoms with Gasteiger partial charge in [0.15, 0.2) is 0 Å². The summed E-state index contributed by atoms with van der Waals surface area (Å²) in [5, 5.41) is 13.9. The lowest BCUT2D eigenvalue weighted by atomic mass is 10.1. The Morgan fingerprint density at radius 3 is 2.64 bits per heavy atom. The molecule has 1 aliphatic rings. The second-order valence-electron chi connectivity index (χ2n) is 7.16. The normalized spacial score (nSPS) is 13.6. The number of para-hydroxylation sites is 1. The van der Waals surface area contributed by atoms with Crippen LogP contribution in [0.15, 0.2) is 73.1 Å². The van der Waals surface area contributed by atoms with Gasteiger partial charge in [-0.1, -0.05) is 24.3 Å². The van der Waals surface area contributed by atoms with Gasteiger partial charge in [-0.25, -0.2) is 9.78 Å². The first-order valence-electron chi connectivity index (χ1n) is 9.36. The van der Waals surface area contributed by atoms with E-state index in [1.165, 1.54) is 0 Å². The van der Waals surface area contributed by atoms with Crippen molar-refractivity contribution in [3.05, 3.63) is 84.2 Å². The maximum Gasteiger partial charge on any atom is 0.339 e. The predicted molar refractivity (Wildman–Crippen MR) is 110 cm³/mol. The zero-order chi connectivity index (χ0) is 19.1. The molecule has 138 valence electrons. The number of aromatic carboxylic acids is 1. The first kappa shape index (κ1) is 16.6. The Kier molecular flexibility index (Phi) is 3.86. The van der Waals surface area contributed by atoms with Gasteiger partial charge in [-0.2, -0.15) is 0 Å². The first-order valence-corrected chi connectivity index (χ1v) is 9.36. The fraction of sp³-hybridized carbons (Fsp3) is 0.130. The zero-order valence-corrected chi connectivity index (χ0v) is 15.2. The number of pyridine rings is 1. The molecule has 0 amide bonds. The van der Waals surface area contributed by atoms with E-state index in [0.29, 0.717) is 11.7 Å². The standard InChI is InChI=1S/C23H19N3O2/c27-23(28)20-12-17(15-6-7-15)14-24-22(20)25-18-9-8-16-10-11-26(21(16)13-18)19-4-2-1-3-5-19/h1-5,8-15H,6-7H2,(H,24,25)(H,27,28). The second-order valence-corrected chi connectivity index (χ2v) is 7.16. The molecular weight excluding hydrogens is 350 g/mol. The predicted octanol–water partition coefficient (Wildman–Crippen LogP) is 5.34. The van der Waals surface area contributed by atoms with E-state index >= 15 is 0 Å². The number of carboxylic acid groups (broad SMARTS) is 1. The van der Waals surface area contributed by atoms with Crippen molar-refractivity contribution in [3.8, 4) is 5.69 Å². The van der Waals surface area contributed by atoms with E-state index in [0.717, 1.165) is 40.7 Å². The molecule has 2 aromatic carbocycles. The maximum atomic E-state index is 11.7. The monoisotopic (exact) mass is 369 g/mol. The number of hydrogen-bond donors (Lipinski definition) is 2. The Bertz CT molecular complexity index is 1180. The summed E-state index contributed by atoms with van der Waals surface area (Å²) >= 11 is 0. The van der Waals surface area contributed by atoms with Crippen LogP contribution in [0.25, 0.3) is 16.6 Å². The van der Waals surface area contributed by atoms with Crippen molar-refractivity contribution in [2.75, 3.05) is 5.32 Å². The molecule has 4 aromatic rings. The van der Waals surface area contributed by atoms with Gasteiger partial charge in [0.1, 0.15) is 11.4 Å². The van der Waals surface area contributed by atoms with E-state index in [2.05, 4.69) is 33.1 Å². The van der Waals surface area contributed by atoms with Gasteiger partial charge in [-0.15, -0.1) is 0 Å². The Morgan fingerprint density at radius 2 is 1.89 bits per heavy atom. The zero-order valence-electron chi connectivity index (χ0n) is 15.2. The molecule has 2 aromatic heterocycles. The molecule has 0 saturated heterocycles. The average Bonchev–Trinajstić information content (AvgIpc) is 3.48. The van der Waals surface area contributed by atoms with Gasteiger partial charge in [0, 0.05) is 29.2 Å². The number of carboxylic acids is 1. The topological polar surface area (TPSA) is 67.2 Å². The van der Waals surface area contributed by atoms with E-state index in [4.69, 9.17) is 0 Å². The molecule has 5 heteroatoms. The lowest BCUT2D eigenvalue weighted by Crippen LogP contribution is -2.06. The number of fused-ring (bicyclic) bond motifs is 1. The van der Waals surface area contributed by atoms with Crippen molar-refractivity contribution in [2.45, 2.75) is 18.8 Å². The van der Waals surface area contributed by atoms with Crippen LogP contribution in [0.5, 0.6) is 0 Å². The molecular formula is C23H19N3O2. The molecule has 0 bridgehead atoms. The Balaban J connectivity index is 1.53. The highest BCUT2D eigenvalue weighted by Crippen LogP contribution is 2.40. The number of carbonyl (C=O) groups is 1. The molecule has 1 saturated carbocycles. The lowest BCUT2D eigenvalue weighted by Gasteiger charge is -2.11. The van der Waals surface area contributed by atoms with Gasteiger partial charge < -0.3 is 15.0 Å². The van der Waals surface area contributed by atoms with E-state index < -0.39 is 5.97 Å². The lowest BCUT2D eigenvalue weighted by molar-refractivity contribution is 0.0697. The van der Waals surface area contributed by atoms with Gasteiger partial charge in [-0.05, 0) is 60.7 Å². The van der Waals surface area contributed by atoms with Crippen molar-refractivity contribution < 1.29 is 9.90 Å². The van der Waals surface area contributed by atoms with Crippen molar-refractivity contribution in [1.29, 1.82) is 0 Å². The highest BCUT2D eigenvalue weighted by molar-refractivity contribution is 5.95. The summed E-state index contributed by atoms with van der Waals surface area (Å²) in [6.45, 7) is 0. The van der Waals surface area contributed by atoms with Crippen molar-refractivity contribution >= 4 is 28.4 Å². The summed E-state index contributed by atoms with van der Waals surface area (Å²) in [5.41, 5.74) is 4.15. The number of rotatable bonds is 5. The molecule has 1 fully saturated rings. The SMILES string of the molecule is O=C(O)c1cc(C2CC2)cnc1Nc1ccc2ccn(-c3ccccc3)c2c1. The number of aromatic nitrogens is 2. The Hall–Kier alpha value is -3.60. The molecule has 5 nitrogen and oxygen atoms in total. The summed E-state index contributed by atoms with van der Waals surface area (Å²) in [4.78, 5) is 16.1. The molecule has 1 aliphatic carbocycles. The first-order chi connectivity index (χ1) is 13.7. The summed E-state index contributed by atoms with van der Waals surface area (Å²) in [5.74, 6) is -0.134. The van der Waals surface area contributed by atoms with Crippen LogP contribution in [-0.4, -0.2) is 20.6 Å². The average molecular weight is 369 g/mol. The third-order valence-electron chi connectivity index (χ3n) is 5.18. The van der Waals surface area contributed by atoms with Crippen LogP contribution >= 0.6 is 0 Å². The second kappa shape index (κ2) is 6.53. The molecule has 0 unspecified atom stereocenters. The molecule has 28 heavy (non-hydrogen) atoms. The quantitative estimate of drug-likeness (QED) is 0.498. The van der Waals surface area contributed by atoms with Crippen LogP contribution < -0.4 is 5.32 Å². The third-order valence-corrected chi connectivity index (χ3v) is 5.18. The fourth-order valence-corrected chi connectivity index (χ4v) is 3.54. The van der Waals surface area contributed by atoms with E-state index in [9.17, 15) is 9.90 Å². The minimum absolute atomic E-state index is 0.211. The van der Waals surface area contributed by atoms with Crippen molar-refractivity contribution in [3.63, 3.8) is 0 Å². The fourth-order valence-electron chi connectivity index (χ4n) is 3.54. The van der Waals surface area contributed by atoms with Gasteiger partial charge in [0.05, 0.1) is 5.52 Å². The largest absolute Gasteiger partial charge is 0.478 e. The summed E-state index contributed by atoms with van der Waals surface area (Å²) in [7, 11) is 0. The van der Waals surface area contributed by atoms with Crippen LogP contribution in [0.1, 0.15) is 34.7 Å². The molecule has 0 atom stereocenters. The highest BCUT2D eigenvalue weighted by atomic mass is 16.4. The number of benzene rings is 2. The summed E-state index contributed by atoms with van der Waals surface area (Å²) < 4.78 is 2.11. The summed E-state index contributed by atoms with van der Waals surface area (Å²) in [6, 6.07) is 19.9. The van der Waals surface area contributed by atoms with Gasteiger partial charge in [-0.3, -0.25) is 0 Å². The van der Waals surface area contributed by atoms with Crippen LogP contribution in [0.2, 0.25) is 0 Å². The van der Waals surface area contributed by atoms with E-state index in [1.54, 1.807) is 12.3 Å². The number of nitrogens with one attached hydrogen (secondary N) is 1. The number of hydrogen-bond acceptors (Lipinski definition) is 3. The van der Waals surface area contributed by atoms with Crippen LogP contribution in [-0.2, 0) is 0 Å². The minimum atomic E-state index is -0.966. The van der Waals surface area contributed by atoms with Gasteiger partial charge in [0.2, 0.25) is 0 Å². The summed E-state index contributed by atoms with van der Waals surface area (Å²) in [6.07, 6.45) is 6.05. The smallest absolute Gasteiger partial charge is 0.339 e. The van der Waals surface area contributed by atoms with Crippen molar-refractivity contribution in [2.24, 2.45) is 0 Å². The number of nitrogens with zero attached hydrogens (tertiary/aromatic N) is 2. The molecule has 2 N–H and O–H groups in total. The Labute approximate surface area is 162 Å². The highest BCUT2D eigenvalue weighted by Gasteiger charge is 2.26. The maximum absolute atomic E-state index is 11.7. The Morgan fingerprint density at radius 1 is 1.07 bits per heavy atom. The molecule has 0 spiro atoms. The van der Waals surface area contributed by atoms with E-state index in [-0.39, 0.29) is 5.56 Å².